The summed E-state index contributed by atoms with van der Waals surface area (Å²) in [6.07, 6.45) is 0. The van der Waals surface area contributed by atoms with Crippen LogP contribution in [-0.2, 0) is 4.74 Å². The largest absolute Gasteiger partial charge is 0.462 e. The van der Waals surface area contributed by atoms with Crippen LogP contribution in [0.25, 0.3) is 10.1 Å². The Hall–Kier alpha value is -0.940. The van der Waals surface area contributed by atoms with Gasteiger partial charge < -0.3 is 4.74 Å². The molecule has 0 atom stereocenters. The normalized spacial score (nSPS) is 10.7. The van der Waals surface area contributed by atoms with Crippen molar-refractivity contribution in [2.24, 2.45) is 0 Å². The topological polar surface area (TPSA) is 26.3 Å². The molecule has 1 heterocycles. The van der Waals surface area contributed by atoms with Crippen LogP contribution in [0.5, 0.6) is 0 Å². The standard InChI is InChI=1S/C11H8BrFO2S/c1-2-15-11(14)9-4-6-3-7(12)5-8(13)10(6)16-9/h3-5H,2H2,1H3. The van der Waals surface area contributed by atoms with E-state index in [1.165, 1.54) is 6.07 Å². The van der Waals surface area contributed by atoms with Gasteiger partial charge in [0, 0.05) is 4.47 Å². The molecular formula is C11H8BrFO2S. The molecule has 1 aromatic heterocycles. The molecule has 1 aromatic carbocycles. The number of hydrogen-bond donors (Lipinski definition) is 0. The molecule has 0 fully saturated rings. The minimum absolute atomic E-state index is 0.319. The quantitative estimate of drug-likeness (QED) is 0.784. The Morgan fingerprint density at radius 1 is 1.50 bits per heavy atom. The average Bonchev–Trinajstić information content (AvgIpc) is 2.62. The van der Waals surface area contributed by atoms with E-state index in [0.29, 0.717) is 26.0 Å². The van der Waals surface area contributed by atoms with Crippen molar-refractivity contribution in [2.75, 3.05) is 6.61 Å². The lowest BCUT2D eigenvalue weighted by Crippen LogP contribution is -2.01. The summed E-state index contributed by atoms with van der Waals surface area (Å²) in [5, 5.41) is 0.708. The molecule has 0 spiro atoms. The van der Waals surface area contributed by atoms with E-state index in [-0.39, 0.29) is 5.82 Å². The third kappa shape index (κ3) is 2.10. The smallest absolute Gasteiger partial charge is 0.348 e. The maximum absolute atomic E-state index is 13.5. The molecule has 16 heavy (non-hydrogen) atoms. The molecule has 0 unspecified atom stereocenters. The summed E-state index contributed by atoms with van der Waals surface area (Å²) >= 11 is 4.32. The first-order valence-corrected chi connectivity index (χ1v) is 6.28. The van der Waals surface area contributed by atoms with Crippen LogP contribution >= 0.6 is 27.3 Å². The number of carbonyl (C=O) groups is 1. The van der Waals surface area contributed by atoms with Crippen molar-refractivity contribution < 1.29 is 13.9 Å². The highest BCUT2D eigenvalue weighted by atomic mass is 79.9. The molecule has 0 radical (unpaired) electrons. The molecule has 84 valence electrons. The van der Waals surface area contributed by atoms with Crippen molar-refractivity contribution in [3.8, 4) is 0 Å². The van der Waals surface area contributed by atoms with Gasteiger partial charge in [-0.25, -0.2) is 9.18 Å². The van der Waals surface area contributed by atoms with E-state index < -0.39 is 5.97 Å². The lowest BCUT2D eigenvalue weighted by molar-refractivity contribution is 0.0532. The summed E-state index contributed by atoms with van der Waals surface area (Å²) in [5.41, 5.74) is 0. The first kappa shape index (κ1) is 11.5. The van der Waals surface area contributed by atoms with Crippen molar-refractivity contribution >= 4 is 43.3 Å². The Kier molecular flexibility index (Phi) is 3.25. The Bertz CT molecular complexity index is 550. The Morgan fingerprint density at radius 3 is 2.94 bits per heavy atom. The van der Waals surface area contributed by atoms with E-state index in [1.54, 1.807) is 19.1 Å². The molecule has 0 aliphatic heterocycles. The molecule has 5 heteroatoms. The van der Waals surface area contributed by atoms with Gasteiger partial charge in [-0.3, -0.25) is 0 Å². The highest BCUT2D eigenvalue weighted by Gasteiger charge is 2.13. The van der Waals surface area contributed by atoms with E-state index >= 15 is 0 Å². The van der Waals surface area contributed by atoms with Gasteiger partial charge in [-0.2, -0.15) is 0 Å². The van der Waals surface area contributed by atoms with Gasteiger partial charge in [0.2, 0.25) is 0 Å². The van der Waals surface area contributed by atoms with Crippen molar-refractivity contribution in [2.45, 2.75) is 6.92 Å². The molecule has 0 bridgehead atoms. The molecule has 2 nitrogen and oxygen atoms in total. The first-order valence-electron chi connectivity index (χ1n) is 4.67. The minimum atomic E-state index is -0.403. The fraction of sp³-hybridized carbons (Fsp3) is 0.182. The summed E-state index contributed by atoms with van der Waals surface area (Å²) in [4.78, 5) is 11.9. The van der Waals surface area contributed by atoms with E-state index in [1.807, 2.05) is 0 Å². The lowest BCUT2D eigenvalue weighted by Gasteiger charge is -1.95. The van der Waals surface area contributed by atoms with Gasteiger partial charge in [0.25, 0.3) is 0 Å². The Labute approximate surface area is 104 Å². The van der Waals surface area contributed by atoms with Gasteiger partial charge in [-0.15, -0.1) is 11.3 Å². The van der Waals surface area contributed by atoms with Crippen LogP contribution in [0.1, 0.15) is 16.6 Å². The maximum atomic E-state index is 13.5. The first-order chi connectivity index (χ1) is 7.61. The van der Waals surface area contributed by atoms with Gasteiger partial charge in [-0.05, 0) is 30.5 Å². The van der Waals surface area contributed by atoms with Crippen molar-refractivity contribution in [3.05, 3.63) is 33.4 Å². The van der Waals surface area contributed by atoms with Crippen molar-refractivity contribution in [1.82, 2.24) is 0 Å². The number of rotatable bonds is 2. The highest BCUT2D eigenvalue weighted by molar-refractivity contribution is 9.10. The van der Waals surface area contributed by atoms with Gasteiger partial charge in [0.1, 0.15) is 10.7 Å². The molecule has 0 aliphatic carbocycles. The lowest BCUT2D eigenvalue weighted by atomic mass is 10.2. The van der Waals surface area contributed by atoms with Crippen LogP contribution < -0.4 is 0 Å². The molecule has 2 rings (SSSR count). The second-order valence-electron chi connectivity index (χ2n) is 3.14. The number of carbonyl (C=O) groups excluding carboxylic acids is 1. The summed E-state index contributed by atoms with van der Waals surface area (Å²) in [7, 11) is 0. The average molecular weight is 303 g/mol. The predicted octanol–water partition coefficient (Wildman–Crippen LogP) is 3.98. The van der Waals surface area contributed by atoms with E-state index in [2.05, 4.69) is 15.9 Å². The van der Waals surface area contributed by atoms with E-state index in [4.69, 9.17) is 4.74 Å². The second-order valence-corrected chi connectivity index (χ2v) is 5.10. The minimum Gasteiger partial charge on any atom is -0.462 e. The van der Waals surface area contributed by atoms with E-state index in [9.17, 15) is 9.18 Å². The third-order valence-electron chi connectivity index (χ3n) is 2.01. The monoisotopic (exact) mass is 302 g/mol. The van der Waals surface area contributed by atoms with E-state index in [0.717, 1.165) is 11.3 Å². The number of thiophene rings is 1. The fourth-order valence-corrected chi connectivity index (χ4v) is 2.77. The SMILES string of the molecule is CCOC(=O)c1cc2cc(Br)cc(F)c2s1. The predicted molar refractivity (Wildman–Crippen MR) is 65.4 cm³/mol. The summed E-state index contributed by atoms with van der Waals surface area (Å²) < 4.78 is 19.5. The molecule has 2 aromatic rings. The molecular weight excluding hydrogens is 295 g/mol. The summed E-state index contributed by atoms with van der Waals surface area (Å²) in [5.74, 6) is -0.732. The molecule has 0 aliphatic rings. The van der Waals surface area contributed by atoms with Gasteiger partial charge >= 0.3 is 5.97 Å². The zero-order valence-electron chi connectivity index (χ0n) is 8.42. The highest BCUT2D eigenvalue weighted by Crippen LogP contribution is 2.31. The number of fused-ring (bicyclic) bond motifs is 1. The molecule has 0 saturated heterocycles. The Balaban J connectivity index is 2.51. The van der Waals surface area contributed by atoms with Crippen LogP contribution in [0.15, 0.2) is 22.7 Å². The van der Waals surface area contributed by atoms with Crippen molar-refractivity contribution in [1.29, 1.82) is 0 Å². The van der Waals surface area contributed by atoms with Crippen LogP contribution in [0.4, 0.5) is 4.39 Å². The molecule has 0 amide bonds. The maximum Gasteiger partial charge on any atom is 0.348 e. The summed E-state index contributed by atoms with van der Waals surface area (Å²) in [6.45, 7) is 2.06. The van der Waals surface area contributed by atoms with Crippen LogP contribution in [0, 0.1) is 5.82 Å². The fourth-order valence-electron chi connectivity index (χ4n) is 1.38. The van der Waals surface area contributed by atoms with Gasteiger partial charge in [-0.1, -0.05) is 15.9 Å². The number of hydrogen-bond acceptors (Lipinski definition) is 3. The van der Waals surface area contributed by atoms with Crippen LogP contribution in [0.2, 0.25) is 0 Å². The van der Waals surface area contributed by atoms with Gasteiger partial charge in [0.05, 0.1) is 11.3 Å². The van der Waals surface area contributed by atoms with Crippen molar-refractivity contribution in [3.63, 3.8) is 0 Å². The molecule has 0 N–H and O–H groups in total. The number of halogens is 2. The number of ether oxygens (including phenoxy) is 1. The Morgan fingerprint density at radius 2 is 2.25 bits per heavy atom. The third-order valence-corrected chi connectivity index (χ3v) is 3.61. The zero-order chi connectivity index (χ0) is 11.7. The zero-order valence-corrected chi connectivity index (χ0v) is 10.8. The van der Waals surface area contributed by atoms with Crippen LogP contribution in [-0.4, -0.2) is 12.6 Å². The van der Waals surface area contributed by atoms with Gasteiger partial charge in [0.15, 0.2) is 0 Å². The molecule has 0 saturated carbocycles. The number of benzene rings is 1. The second kappa shape index (κ2) is 4.51. The summed E-state index contributed by atoms with van der Waals surface area (Å²) in [6, 6.07) is 4.80. The number of esters is 1. The van der Waals surface area contributed by atoms with Crippen LogP contribution in [0.3, 0.4) is 0 Å².